The van der Waals surface area contributed by atoms with Crippen molar-refractivity contribution in [1.29, 1.82) is 0 Å². The van der Waals surface area contributed by atoms with Crippen LogP contribution in [0.4, 0.5) is 4.39 Å². The van der Waals surface area contributed by atoms with E-state index in [0.717, 1.165) is 41.2 Å². The molecule has 3 heterocycles. The molecule has 0 aliphatic carbocycles. The summed E-state index contributed by atoms with van der Waals surface area (Å²) in [4.78, 5) is 8.78. The maximum absolute atomic E-state index is 13.4. The number of fused-ring (bicyclic) bond motifs is 1. The van der Waals surface area contributed by atoms with Crippen molar-refractivity contribution in [3.8, 4) is 16.9 Å². The van der Waals surface area contributed by atoms with Gasteiger partial charge in [-0.05, 0) is 36.4 Å². The van der Waals surface area contributed by atoms with Gasteiger partial charge in [0.2, 0.25) is 5.78 Å². The molecule has 0 atom stereocenters. The summed E-state index contributed by atoms with van der Waals surface area (Å²) < 4.78 is 17.0. The fourth-order valence-electron chi connectivity index (χ4n) is 3.58. The van der Waals surface area contributed by atoms with Gasteiger partial charge in [0.05, 0.1) is 22.1 Å². The molecule has 2 aromatic carbocycles. The van der Waals surface area contributed by atoms with Gasteiger partial charge in [0.15, 0.2) is 0 Å². The lowest BCUT2D eigenvalue weighted by Crippen LogP contribution is -2.17. The van der Waals surface area contributed by atoms with E-state index >= 15 is 0 Å². The third-order valence-corrected chi connectivity index (χ3v) is 5.50. The molecule has 0 unspecified atom stereocenters. The number of hydrogen-bond donors (Lipinski definition) is 1. The highest BCUT2D eigenvalue weighted by Crippen LogP contribution is 2.30. The molecule has 0 amide bonds. The molecule has 0 radical (unpaired) electrons. The molecule has 160 valence electrons. The Balaban J connectivity index is 1.35. The molecule has 0 spiro atoms. The van der Waals surface area contributed by atoms with Crippen molar-refractivity contribution in [1.82, 2.24) is 29.5 Å². The third kappa shape index (κ3) is 4.26. The van der Waals surface area contributed by atoms with Crippen LogP contribution in [0, 0.1) is 5.82 Å². The minimum atomic E-state index is -0.281. The molecule has 32 heavy (non-hydrogen) atoms. The zero-order valence-corrected chi connectivity index (χ0v) is 17.9. The minimum absolute atomic E-state index is 0.281. The number of benzene rings is 2. The van der Waals surface area contributed by atoms with Crippen LogP contribution in [0.5, 0.6) is 0 Å². The fourth-order valence-corrected chi connectivity index (χ4v) is 3.81. The monoisotopic (exact) mass is 446 g/mol. The highest BCUT2D eigenvalue weighted by atomic mass is 35.5. The van der Waals surface area contributed by atoms with Crippen molar-refractivity contribution in [2.45, 2.75) is 13.0 Å². The summed E-state index contributed by atoms with van der Waals surface area (Å²) in [6, 6.07) is 15.8. The van der Waals surface area contributed by atoms with Crippen LogP contribution in [0.1, 0.15) is 11.3 Å². The van der Waals surface area contributed by atoms with Gasteiger partial charge in [-0.25, -0.2) is 19.0 Å². The van der Waals surface area contributed by atoms with Gasteiger partial charge in [0.1, 0.15) is 5.82 Å². The Morgan fingerprint density at radius 3 is 2.66 bits per heavy atom. The van der Waals surface area contributed by atoms with Gasteiger partial charge >= 0.3 is 0 Å². The normalized spacial score (nSPS) is 11.3. The van der Waals surface area contributed by atoms with Gasteiger partial charge in [0, 0.05) is 55.4 Å². The van der Waals surface area contributed by atoms with E-state index in [-0.39, 0.29) is 5.82 Å². The summed E-state index contributed by atoms with van der Waals surface area (Å²) in [6.07, 6.45) is 8.39. The van der Waals surface area contributed by atoms with Crippen LogP contribution in [0.15, 0.2) is 79.4 Å². The van der Waals surface area contributed by atoms with Gasteiger partial charge in [0.25, 0.3) is 0 Å². The lowest BCUT2D eigenvalue weighted by Gasteiger charge is -2.06. The molecule has 0 fully saturated rings. The molecule has 0 saturated carbocycles. The van der Waals surface area contributed by atoms with Crippen LogP contribution in [0.2, 0.25) is 5.02 Å². The second kappa shape index (κ2) is 8.90. The van der Waals surface area contributed by atoms with Crippen molar-refractivity contribution in [3.63, 3.8) is 0 Å². The first kappa shape index (κ1) is 20.4. The number of nitrogens with one attached hydrogen (secondary N) is 1. The second-order valence-corrected chi connectivity index (χ2v) is 7.80. The quantitative estimate of drug-likeness (QED) is 0.368. The summed E-state index contributed by atoms with van der Waals surface area (Å²) >= 11 is 6.45. The largest absolute Gasteiger partial charge is 0.312 e. The predicted molar refractivity (Wildman–Crippen MR) is 122 cm³/mol. The van der Waals surface area contributed by atoms with Crippen molar-refractivity contribution in [2.75, 3.05) is 6.54 Å². The average molecular weight is 447 g/mol. The minimum Gasteiger partial charge on any atom is -0.312 e. The molecule has 3 aromatic heterocycles. The van der Waals surface area contributed by atoms with Crippen LogP contribution in [-0.4, -0.2) is 30.7 Å². The molecule has 1 N–H and O–H groups in total. The van der Waals surface area contributed by atoms with Gasteiger partial charge in [-0.3, -0.25) is 4.40 Å². The number of aromatic nitrogens is 5. The molecule has 6 nitrogen and oxygen atoms in total. The fraction of sp³-hybridized carbons (Fsp3) is 0.125. The first-order valence-electron chi connectivity index (χ1n) is 10.3. The molecule has 0 saturated heterocycles. The van der Waals surface area contributed by atoms with E-state index in [1.54, 1.807) is 23.0 Å². The number of rotatable bonds is 7. The standard InChI is InChI=1S/C24H20ClFN6/c25-22-5-2-1-4-21(22)23-17(15-32(30-23)20-8-6-18(26)7-9-20)14-27-12-10-19-16-31-13-3-11-28-24(31)29-19/h1-9,11,13,15-16,27H,10,12,14H2. The third-order valence-electron chi connectivity index (χ3n) is 5.17. The van der Waals surface area contributed by atoms with Gasteiger partial charge in [-0.15, -0.1) is 0 Å². The molecule has 5 rings (SSSR count). The maximum Gasteiger partial charge on any atom is 0.233 e. The Morgan fingerprint density at radius 2 is 1.84 bits per heavy atom. The van der Waals surface area contributed by atoms with Crippen molar-refractivity contribution < 1.29 is 4.39 Å². The van der Waals surface area contributed by atoms with Gasteiger partial charge < -0.3 is 5.32 Å². The van der Waals surface area contributed by atoms with E-state index in [4.69, 9.17) is 16.7 Å². The molecule has 5 aromatic rings. The molecule has 0 aliphatic heterocycles. The smallest absolute Gasteiger partial charge is 0.233 e. The first-order chi connectivity index (χ1) is 15.7. The van der Waals surface area contributed by atoms with Crippen LogP contribution >= 0.6 is 11.6 Å². The highest BCUT2D eigenvalue weighted by molar-refractivity contribution is 6.33. The zero-order valence-electron chi connectivity index (χ0n) is 17.1. The van der Waals surface area contributed by atoms with Crippen molar-refractivity contribution >= 4 is 17.4 Å². The predicted octanol–water partition coefficient (Wildman–Crippen LogP) is 4.71. The van der Waals surface area contributed by atoms with E-state index in [0.29, 0.717) is 17.3 Å². The molecule has 8 heteroatoms. The molecule has 0 aliphatic rings. The Labute approximate surface area is 189 Å². The van der Waals surface area contributed by atoms with Crippen LogP contribution in [0.25, 0.3) is 22.7 Å². The maximum atomic E-state index is 13.4. The Hall–Kier alpha value is -3.55. The average Bonchev–Trinajstić information content (AvgIpc) is 3.41. The number of halogens is 2. The SMILES string of the molecule is Fc1ccc(-n2cc(CNCCc3cn4cccnc4n3)c(-c3ccccc3Cl)n2)cc1. The van der Waals surface area contributed by atoms with Crippen molar-refractivity contribution in [2.24, 2.45) is 0 Å². The molecular formula is C24H20ClFN6. The Bertz CT molecular complexity index is 1330. The first-order valence-corrected chi connectivity index (χ1v) is 10.6. The van der Waals surface area contributed by atoms with E-state index < -0.39 is 0 Å². The van der Waals surface area contributed by atoms with Crippen LogP contribution < -0.4 is 5.32 Å². The summed E-state index contributed by atoms with van der Waals surface area (Å²) in [6.45, 7) is 1.35. The van der Waals surface area contributed by atoms with Crippen molar-refractivity contribution in [3.05, 3.63) is 101 Å². The molecule has 0 bridgehead atoms. The topological polar surface area (TPSA) is 60.0 Å². The number of nitrogens with zero attached hydrogens (tertiary/aromatic N) is 5. The summed E-state index contributed by atoms with van der Waals surface area (Å²) in [5, 5.41) is 8.86. The van der Waals surface area contributed by atoms with Gasteiger partial charge in [-0.1, -0.05) is 29.8 Å². The number of imidazole rings is 1. The van der Waals surface area contributed by atoms with Crippen LogP contribution in [-0.2, 0) is 13.0 Å². The Kier molecular flexibility index (Phi) is 5.66. The van der Waals surface area contributed by atoms with E-state index in [1.807, 2.05) is 53.3 Å². The summed E-state index contributed by atoms with van der Waals surface area (Å²) in [7, 11) is 0. The lowest BCUT2D eigenvalue weighted by atomic mass is 10.1. The van der Waals surface area contributed by atoms with E-state index in [9.17, 15) is 4.39 Å². The van der Waals surface area contributed by atoms with Gasteiger partial charge in [-0.2, -0.15) is 5.10 Å². The lowest BCUT2D eigenvalue weighted by molar-refractivity contribution is 0.627. The number of hydrogen-bond acceptors (Lipinski definition) is 4. The highest BCUT2D eigenvalue weighted by Gasteiger charge is 2.15. The Morgan fingerprint density at radius 1 is 1.00 bits per heavy atom. The summed E-state index contributed by atoms with van der Waals surface area (Å²) in [5.74, 6) is 0.417. The zero-order chi connectivity index (χ0) is 21.9. The van der Waals surface area contributed by atoms with Crippen LogP contribution in [0.3, 0.4) is 0 Å². The van der Waals surface area contributed by atoms with E-state index in [2.05, 4.69) is 15.3 Å². The molecular weight excluding hydrogens is 427 g/mol. The summed E-state index contributed by atoms with van der Waals surface area (Å²) in [5.41, 5.74) is 4.41. The van der Waals surface area contributed by atoms with E-state index in [1.165, 1.54) is 12.1 Å². The second-order valence-electron chi connectivity index (χ2n) is 7.39.